The Morgan fingerprint density at radius 1 is 1.35 bits per heavy atom. The molecule has 0 aromatic carbocycles. The molecular formula is C15H23N3O2. The molecule has 1 aromatic heterocycles. The van der Waals surface area contributed by atoms with Gasteiger partial charge in [0.1, 0.15) is 0 Å². The van der Waals surface area contributed by atoms with E-state index in [2.05, 4.69) is 17.2 Å². The standard InChI is InChI=1S/C15H23N3O2/c1-3-4-12-6-8-13(9-7-12)17-15-14(18(19)20)10-5-11(2)16-15/h5,10,12-13H,3-4,6-9H2,1-2H3,(H,16,17). The molecule has 0 saturated heterocycles. The SMILES string of the molecule is CCCC1CCC(Nc2nc(C)ccc2[N+](=O)[O-])CC1. The van der Waals surface area contributed by atoms with Crippen molar-refractivity contribution in [1.82, 2.24) is 4.98 Å². The summed E-state index contributed by atoms with van der Waals surface area (Å²) < 4.78 is 0. The molecule has 1 aromatic rings. The summed E-state index contributed by atoms with van der Waals surface area (Å²) in [6.45, 7) is 4.08. The van der Waals surface area contributed by atoms with E-state index in [0.29, 0.717) is 11.9 Å². The molecule has 1 aliphatic carbocycles. The van der Waals surface area contributed by atoms with Crippen LogP contribution in [0, 0.1) is 23.0 Å². The molecule has 1 fully saturated rings. The third kappa shape index (κ3) is 3.68. The van der Waals surface area contributed by atoms with E-state index in [1.54, 1.807) is 6.07 Å². The van der Waals surface area contributed by atoms with E-state index in [-0.39, 0.29) is 10.6 Å². The molecule has 2 rings (SSSR count). The van der Waals surface area contributed by atoms with Crippen LogP contribution in [0.3, 0.4) is 0 Å². The predicted molar refractivity (Wildman–Crippen MR) is 79.9 cm³/mol. The highest BCUT2D eigenvalue weighted by Crippen LogP contribution is 2.31. The van der Waals surface area contributed by atoms with E-state index in [1.165, 1.54) is 31.7 Å². The van der Waals surface area contributed by atoms with Crippen LogP contribution in [0.1, 0.15) is 51.1 Å². The minimum Gasteiger partial charge on any atom is -0.362 e. The number of pyridine rings is 1. The van der Waals surface area contributed by atoms with Gasteiger partial charge in [-0.05, 0) is 44.6 Å². The van der Waals surface area contributed by atoms with Gasteiger partial charge in [-0.25, -0.2) is 4.98 Å². The minimum absolute atomic E-state index is 0.0753. The van der Waals surface area contributed by atoms with Crippen LogP contribution in [-0.4, -0.2) is 15.9 Å². The Balaban J connectivity index is 2.00. The van der Waals surface area contributed by atoms with Crippen LogP contribution in [0.15, 0.2) is 12.1 Å². The molecule has 1 saturated carbocycles. The largest absolute Gasteiger partial charge is 0.362 e. The van der Waals surface area contributed by atoms with Crippen LogP contribution in [-0.2, 0) is 0 Å². The number of aromatic nitrogens is 1. The maximum Gasteiger partial charge on any atom is 0.311 e. The van der Waals surface area contributed by atoms with Crippen LogP contribution < -0.4 is 5.32 Å². The van der Waals surface area contributed by atoms with E-state index >= 15 is 0 Å². The first-order valence-electron chi connectivity index (χ1n) is 7.48. The number of aryl methyl sites for hydroxylation is 1. The first kappa shape index (κ1) is 14.8. The lowest BCUT2D eigenvalue weighted by Gasteiger charge is -2.29. The fraction of sp³-hybridized carbons (Fsp3) is 0.667. The second-order valence-electron chi connectivity index (χ2n) is 5.73. The van der Waals surface area contributed by atoms with Gasteiger partial charge in [0.05, 0.1) is 4.92 Å². The van der Waals surface area contributed by atoms with E-state index in [0.717, 1.165) is 24.5 Å². The number of hydrogen-bond acceptors (Lipinski definition) is 4. The Morgan fingerprint density at radius 3 is 2.65 bits per heavy atom. The first-order valence-corrected chi connectivity index (χ1v) is 7.48. The summed E-state index contributed by atoms with van der Waals surface area (Å²) in [5, 5.41) is 14.3. The first-order chi connectivity index (χ1) is 9.60. The highest BCUT2D eigenvalue weighted by molar-refractivity contribution is 5.56. The van der Waals surface area contributed by atoms with Gasteiger partial charge in [0.25, 0.3) is 0 Å². The number of hydrogen-bond donors (Lipinski definition) is 1. The smallest absolute Gasteiger partial charge is 0.311 e. The molecule has 20 heavy (non-hydrogen) atoms. The summed E-state index contributed by atoms with van der Waals surface area (Å²) in [6, 6.07) is 3.53. The average molecular weight is 277 g/mol. The highest BCUT2D eigenvalue weighted by Gasteiger charge is 2.23. The molecular weight excluding hydrogens is 254 g/mol. The minimum atomic E-state index is -0.364. The summed E-state index contributed by atoms with van der Waals surface area (Å²) in [5.74, 6) is 1.26. The summed E-state index contributed by atoms with van der Waals surface area (Å²) in [5.41, 5.74) is 0.879. The van der Waals surface area contributed by atoms with E-state index in [4.69, 9.17) is 0 Å². The molecule has 0 bridgehead atoms. The molecule has 5 nitrogen and oxygen atoms in total. The van der Waals surface area contributed by atoms with Gasteiger partial charge in [-0.1, -0.05) is 19.8 Å². The molecule has 0 atom stereocenters. The number of nitrogens with one attached hydrogen (secondary N) is 1. The Bertz CT molecular complexity index is 468. The van der Waals surface area contributed by atoms with Crippen LogP contribution in [0.2, 0.25) is 0 Å². The number of nitrogens with zero attached hydrogens (tertiary/aromatic N) is 2. The van der Waals surface area contributed by atoms with Gasteiger partial charge in [-0.2, -0.15) is 0 Å². The average Bonchev–Trinajstić information content (AvgIpc) is 2.41. The zero-order valence-corrected chi connectivity index (χ0v) is 12.3. The Morgan fingerprint density at radius 2 is 2.05 bits per heavy atom. The number of anilines is 1. The molecule has 5 heteroatoms. The maximum absolute atomic E-state index is 11.0. The van der Waals surface area contributed by atoms with Crippen LogP contribution in [0.5, 0.6) is 0 Å². The van der Waals surface area contributed by atoms with Crippen LogP contribution >= 0.6 is 0 Å². The summed E-state index contributed by atoms with van der Waals surface area (Å²) in [7, 11) is 0. The van der Waals surface area contributed by atoms with Crippen molar-refractivity contribution in [2.45, 2.75) is 58.4 Å². The van der Waals surface area contributed by atoms with Crippen molar-refractivity contribution in [3.05, 3.63) is 27.9 Å². The van der Waals surface area contributed by atoms with Crippen molar-refractivity contribution >= 4 is 11.5 Å². The Labute approximate surface area is 119 Å². The van der Waals surface area contributed by atoms with E-state index in [9.17, 15) is 10.1 Å². The molecule has 0 radical (unpaired) electrons. The summed E-state index contributed by atoms with van der Waals surface area (Å²) in [6.07, 6.45) is 7.13. The Hall–Kier alpha value is -1.65. The summed E-state index contributed by atoms with van der Waals surface area (Å²) in [4.78, 5) is 15.0. The normalized spacial score (nSPS) is 22.5. The predicted octanol–water partition coefficient (Wildman–Crippen LogP) is 4.07. The number of rotatable bonds is 5. The van der Waals surface area contributed by atoms with Gasteiger partial charge in [0.2, 0.25) is 5.82 Å². The molecule has 1 heterocycles. The molecule has 0 amide bonds. The molecule has 0 spiro atoms. The van der Waals surface area contributed by atoms with Crippen LogP contribution in [0.4, 0.5) is 11.5 Å². The van der Waals surface area contributed by atoms with E-state index < -0.39 is 0 Å². The zero-order valence-electron chi connectivity index (χ0n) is 12.3. The van der Waals surface area contributed by atoms with Crippen molar-refractivity contribution in [2.24, 2.45) is 5.92 Å². The van der Waals surface area contributed by atoms with E-state index in [1.807, 2.05) is 6.92 Å². The summed E-state index contributed by atoms with van der Waals surface area (Å²) >= 11 is 0. The molecule has 110 valence electrons. The van der Waals surface area contributed by atoms with Gasteiger partial charge in [0.15, 0.2) is 0 Å². The fourth-order valence-corrected chi connectivity index (χ4v) is 3.00. The van der Waals surface area contributed by atoms with Gasteiger partial charge in [0, 0.05) is 17.8 Å². The van der Waals surface area contributed by atoms with Gasteiger partial charge in [-0.15, -0.1) is 0 Å². The molecule has 1 N–H and O–H groups in total. The van der Waals surface area contributed by atoms with Gasteiger partial charge < -0.3 is 5.32 Å². The number of nitro groups is 1. The second-order valence-corrected chi connectivity index (χ2v) is 5.73. The molecule has 0 unspecified atom stereocenters. The van der Waals surface area contributed by atoms with Crippen molar-refractivity contribution in [1.29, 1.82) is 0 Å². The molecule has 1 aliphatic rings. The Kier molecular flexibility index (Phi) is 4.93. The lowest BCUT2D eigenvalue weighted by molar-refractivity contribution is -0.384. The lowest BCUT2D eigenvalue weighted by atomic mass is 9.83. The topological polar surface area (TPSA) is 68.1 Å². The lowest BCUT2D eigenvalue weighted by Crippen LogP contribution is -2.27. The third-order valence-electron chi connectivity index (χ3n) is 4.09. The van der Waals surface area contributed by atoms with Crippen molar-refractivity contribution < 1.29 is 4.92 Å². The zero-order chi connectivity index (χ0) is 14.5. The second kappa shape index (κ2) is 6.68. The maximum atomic E-state index is 11.0. The van der Waals surface area contributed by atoms with Crippen molar-refractivity contribution in [3.8, 4) is 0 Å². The quantitative estimate of drug-likeness (QED) is 0.650. The highest BCUT2D eigenvalue weighted by atomic mass is 16.6. The molecule has 0 aliphatic heterocycles. The monoisotopic (exact) mass is 277 g/mol. The van der Waals surface area contributed by atoms with Crippen molar-refractivity contribution in [2.75, 3.05) is 5.32 Å². The third-order valence-corrected chi connectivity index (χ3v) is 4.09. The van der Waals surface area contributed by atoms with Crippen molar-refractivity contribution in [3.63, 3.8) is 0 Å². The van der Waals surface area contributed by atoms with Crippen LogP contribution in [0.25, 0.3) is 0 Å². The fourth-order valence-electron chi connectivity index (χ4n) is 3.00. The van der Waals surface area contributed by atoms with Gasteiger partial charge in [-0.3, -0.25) is 10.1 Å². The van der Waals surface area contributed by atoms with Gasteiger partial charge >= 0.3 is 5.69 Å².